The summed E-state index contributed by atoms with van der Waals surface area (Å²) in [4.78, 5) is 2.54. The Balaban J connectivity index is 1.79. The lowest BCUT2D eigenvalue weighted by Crippen LogP contribution is -2.52. The standard InChI is InChI=1S/C14H24N2O2/c17-8-6-12-3-1-2-7-16(12)14-11-5-4-10(9-11)13(14)15-18/h10-12,14,17-18H,1-9H2/b15-13-/t10-,11-,12+,14+/m0/s1. The van der Waals surface area contributed by atoms with E-state index in [0.29, 0.717) is 23.9 Å². The fraction of sp³-hybridized carbons (Fsp3) is 0.929. The van der Waals surface area contributed by atoms with Gasteiger partial charge in [-0.05, 0) is 51.0 Å². The zero-order valence-corrected chi connectivity index (χ0v) is 11.0. The molecule has 3 rings (SSSR count). The summed E-state index contributed by atoms with van der Waals surface area (Å²) in [5.74, 6) is 1.22. The molecule has 2 saturated carbocycles. The lowest BCUT2D eigenvalue weighted by molar-refractivity contribution is 0.0795. The highest BCUT2D eigenvalue weighted by molar-refractivity contribution is 5.94. The van der Waals surface area contributed by atoms with Gasteiger partial charge in [0.2, 0.25) is 0 Å². The smallest absolute Gasteiger partial charge is 0.0775 e. The van der Waals surface area contributed by atoms with E-state index in [1.54, 1.807) is 0 Å². The Labute approximate surface area is 109 Å². The normalized spacial score (nSPS) is 42.8. The molecule has 2 bridgehead atoms. The first-order chi connectivity index (χ1) is 8.85. The van der Waals surface area contributed by atoms with Crippen molar-refractivity contribution >= 4 is 5.71 Å². The predicted octanol–water partition coefficient (Wildman–Crippen LogP) is 1.85. The summed E-state index contributed by atoms with van der Waals surface area (Å²) in [5, 5.41) is 22.2. The molecule has 2 N–H and O–H groups in total. The van der Waals surface area contributed by atoms with Crippen LogP contribution >= 0.6 is 0 Å². The molecular formula is C14H24N2O2. The van der Waals surface area contributed by atoms with Crippen molar-refractivity contribution in [2.24, 2.45) is 17.0 Å². The molecule has 18 heavy (non-hydrogen) atoms. The molecule has 0 aromatic heterocycles. The molecule has 102 valence electrons. The Kier molecular flexibility index (Phi) is 3.57. The molecule has 3 fully saturated rings. The quantitative estimate of drug-likeness (QED) is 0.595. The van der Waals surface area contributed by atoms with E-state index in [1.807, 2.05) is 0 Å². The average molecular weight is 252 g/mol. The number of fused-ring (bicyclic) bond motifs is 2. The van der Waals surface area contributed by atoms with Crippen LogP contribution in [0, 0.1) is 11.8 Å². The number of piperidine rings is 1. The molecule has 4 nitrogen and oxygen atoms in total. The van der Waals surface area contributed by atoms with Gasteiger partial charge in [0, 0.05) is 18.6 Å². The SMILES string of the molecule is OCC[C@H]1CCCCN1[C@H]1/C(=N\O)[C@H]2CC[C@H]1C2. The summed E-state index contributed by atoms with van der Waals surface area (Å²) >= 11 is 0. The summed E-state index contributed by atoms with van der Waals surface area (Å²) in [6.07, 6.45) is 8.28. The van der Waals surface area contributed by atoms with E-state index in [2.05, 4.69) is 10.1 Å². The Morgan fingerprint density at radius 1 is 1.22 bits per heavy atom. The summed E-state index contributed by atoms with van der Waals surface area (Å²) in [6.45, 7) is 1.38. The first kappa shape index (κ1) is 12.4. The van der Waals surface area contributed by atoms with Gasteiger partial charge in [-0.25, -0.2) is 0 Å². The van der Waals surface area contributed by atoms with E-state index in [4.69, 9.17) is 0 Å². The second kappa shape index (κ2) is 5.17. The van der Waals surface area contributed by atoms with Gasteiger partial charge in [0.25, 0.3) is 0 Å². The number of aliphatic hydroxyl groups is 1. The summed E-state index contributed by atoms with van der Waals surface area (Å²) in [7, 11) is 0. The van der Waals surface area contributed by atoms with Crippen molar-refractivity contribution < 1.29 is 10.3 Å². The van der Waals surface area contributed by atoms with Crippen LogP contribution < -0.4 is 0 Å². The highest BCUT2D eigenvalue weighted by Crippen LogP contribution is 2.46. The van der Waals surface area contributed by atoms with E-state index in [0.717, 1.165) is 18.7 Å². The maximum absolute atomic E-state index is 9.32. The van der Waals surface area contributed by atoms with E-state index in [1.165, 1.54) is 38.5 Å². The summed E-state index contributed by atoms with van der Waals surface area (Å²) < 4.78 is 0. The van der Waals surface area contributed by atoms with Gasteiger partial charge in [0.05, 0.1) is 11.8 Å². The largest absolute Gasteiger partial charge is 0.411 e. The number of oxime groups is 1. The maximum Gasteiger partial charge on any atom is 0.0775 e. The molecule has 0 radical (unpaired) electrons. The van der Waals surface area contributed by atoms with Crippen LogP contribution in [0.2, 0.25) is 0 Å². The van der Waals surface area contributed by atoms with Crippen LogP contribution in [0.25, 0.3) is 0 Å². The minimum atomic E-state index is 0.271. The maximum atomic E-state index is 9.32. The number of hydrogen-bond acceptors (Lipinski definition) is 4. The van der Waals surface area contributed by atoms with Crippen molar-refractivity contribution in [1.82, 2.24) is 4.90 Å². The number of aliphatic hydroxyl groups excluding tert-OH is 1. The topological polar surface area (TPSA) is 56.1 Å². The molecule has 0 spiro atoms. The van der Waals surface area contributed by atoms with Crippen LogP contribution in [0.5, 0.6) is 0 Å². The van der Waals surface area contributed by atoms with Crippen molar-refractivity contribution in [2.45, 2.75) is 57.0 Å². The second-order valence-electron chi connectivity index (χ2n) is 6.14. The highest BCUT2D eigenvalue weighted by atomic mass is 16.4. The lowest BCUT2D eigenvalue weighted by Gasteiger charge is -2.43. The van der Waals surface area contributed by atoms with Crippen LogP contribution in [0.4, 0.5) is 0 Å². The van der Waals surface area contributed by atoms with E-state index in [9.17, 15) is 10.3 Å². The minimum absolute atomic E-state index is 0.271. The van der Waals surface area contributed by atoms with Crippen molar-refractivity contribution in [3.8, 4) is 0 Å². The minimum Gasteiger partial charge on any atom is -0.411 e. The van der Waals surface area contributed by atoms with Gasteiger partial charge in [-0.15, -0.1) is 0 Å². The molecule has 0 amide bonds. The predicted molar refractivity (Wildman–Crippen MR) is 69.9 cm³/mol. The Morgan fingerprint density at radius 2 is 2.11 bits per heavy atom. The second-order valence-corrected chi connectivity index (χ2v) is 6.14. The van der Waals surface area contributed by atoms with Gasteiger partial charge in [0.1, 0.15) is 0 Å². The fourth-order valence-electron chi connectivity index (χ4n) is 4.48. The number of hydrogen-bond donors (Lipinski definition) is 2. The van der Waals surface area contributed by atoms with Gasteiger partial charge in [0.15, 0.2) is 0 Å². The van der Waals surface area contributed by atoms with Crippen LogP contribution in [0.1, 0.15) is 44.9 Å². The van der Waals surface area contributed by atoms with Crippen molar-refractivity contribution in [3.05, 3.63) is 0 Å². The van der Waals surface area contributed by atoms with Crippen LogP contribution in [-0.2, 0) is 0 Å². The first-order valence-corrected chi connectivity index (χ1v) is 7.43. The molecular weight excluding hydrogens is 228 g/mol. The molecule has 4 atom stereocenters. The van der Waals surface area contributed by atoms with Gasteiger partial charge in [-0.2, -0.15) is 0 Å². The molecule has 4 heteroatoms. The molecule has 0 unspecified atom stereocenters. The number of likely N-dealkylation sites (tertiary alicyclic amines) is 1. The average Bonchev–Trinajstić information content (AvgIpc) is 2.99. The third-order valence-corrected chi connectivity index (χ3v) is 5.25. The number of rotatable bonds is 3. The van der Waals surface area contributed by atoms with E-state index < -0.39 is 0 Å². The van der Waals surface area contributed by atoms with Gasteiger partial charge in [-0.1, -0.05) is 11.6 Å². The van der Waals surface area contributed by atoms with Crippen molar-refractivity contribution in [2.75, 3.05) is 13.2 Å². The monoisotopic (exact) mass is 252 g/mol. The van der Waals surface area contributed by atoms with E-state index >= 15 is 0 Å². The lowest BCUT2D eigenvalue weighted by atomic mass is 9.88. The van der Waals surface area contributed by atoms with Gasteiger partial charge < -0.3 is 10.3 Å². The van der Waals surface area contributed by atoms with Crippen LogP contribution in [0.15, 0.2) is 5.16 Å². The molecule has 1 aliphatic heterocycles. The Bertz CT molecular complexity index is 330. The third kappa shape index (κ3) is 1.95. The molecule has 0 aromatic rings. The van der Waals surface area contributed by atoms with Crippen LogP contribution in [0.3, 0.4) is 0 Å². The van der Waals surface area contributed by atoms with Crippen molar-refractivity contribution in [3.63, 3.8) is 0 Å². The highest BCUT2D eigenvalue weighted by Gasteiger charge is 2.49. The molecule has 1 saturated heterocycles. The van der Waals surface area contributed by atoms with Gasteiger partial charge in [-0.3, -0.25) is 4.90 Å². The van der Waals surface area contributed by atoms with Gasteiger partial charge >= 0.3 is 0 Å². The number of nitrogens with zero attached hydrogens (tertiary/aromatic N) is 2. The molecule has 2 aliphatic carbocycles. The van der Waals surface area contributed by atoms with Crippen molar-refractivity contribution in [1.29, 1.82) is 0 Å². The first-order valence-electron chi connectivity index (χ1n) is 7.43. The zero-order chi connectivity index (χ0) is 12.5. The molecule has 0 aromatic carbocycles. The van der Waals surface area contributed by atoms with Crippen LogP contribution in [-0.4, -0.2) is 46.2 Å². The molecule has 3 aliphatic rings. The zero-order valence-electron chi connectivity index (χ0n) is 11.0. The Hall–Kier alpha value is -0.610. The molecule has 1 heterocycles. The summed E-state index contributed by atoms with van der Waals surface area (Å²) in [6, 6.07) is 0.857. The Morgan fingerprint density at radius 3 is 2.89 bits per heavy atom. The fourth-order valence-corrected chi connectivity index (χ4v) is 4.48. The summed E-state index contributed by atoms with van der Waals surface area (Å²) in [5.41, 5.74) is 1.04. The third-order valence-electron chi connectivity index (χ3n) is 5.25. The van der Waals surface area contributed by atoms with E-state index in [-0.39, 0.29) is 6.61 Å².